The van der Waals surface area contributed by atoms with Crippen molar-refractivity contribution in [3.05, 3.63) is 41.6 Å². The van der Waals surface area contributed by atoms with E-state index in [0.29, 0.717) is 12.4 Å². The number of nitrogen functional groups attached to an aromatic ring is 1. The lowest BCUT2D eigenvalue weighted by molar-refractivity contribution is 0.0948. The quantitative estimate of drug-likeness (QED) is 0.420. The molecule has 4 N–H and O–H groups in total. The Morgan fingerprint density at radius 3 is 3.00 bits per heavy atom. The first-order valence-corrected chi connectivity index (χ1v) is 6.45. The van der Waals surface area contributed by atoms with Gasteiger partial charge in [0.15, 0.2) is 0 Å². The highest BCUT2D eigenvalue weighted by atomic mass is 35.5. The first-order chi connectivity index (χ1) is 9.70. The van der Waals surface area contributed by atoms with E-state index >= 15 is 0 Å². The third-order valence-electron chi connectivity index (χ3n) is 2.65. The molecule has 0 aliphatic heterocycles. The van der Waals surface area contributed by atoms with Crippen LogP contribution in [0.5, 0.6) is 0 Å². The zero-order chi connectivity index (χ0) is 14.4. The number of pyridine rings is 1. The average molecular weight is 295 g/mol. The summed E-state index contributed by atoms with van der Waals surface area (Å²) in [6, 6.07) is 3.17. The van der Waals surface area contributed by atoms with E-state index in [4.69, 9.17) is 17.4 Å². The summed E-state index contributed by atoms with van der Waals surface area (Å²) in [6.45, 7) is 1.31. The van der Waals surface area contributed by atoms with Crippen LogP contribution in [-0.4, -0.2) is 27.0 Å². The third-order valence-corrected chi connectivity index (χ3v) is 2.95. The van der Waals surface area contributed by atoms with Crippen LogP contribution in [-0.2, 0) is 6.54 Å². The third kappa shape index (κ3) is 3.69. The molecule has 106 valence electrons. The molecule has 0 aliphatic carbocycles. The second kappa shape index (κ2) is 6.88. The van der Waals surface area contributed by atoms with Crippen molar-refractivity contribution in [3.63, 3.8) is 0 Å². The van der Waals surface area contributed by atoms with Gasteiger partial charge in [0, 0.05) is 25.5 Å². The lowest BCUT2D eigenvalue weighted by Gasteiger charge is -2.08. The predicted molar refractivity (Wildman–Crippen MR) is 76.2 cm³/mol. The second-order valence-corrected chi connectivity index (χ2v) is 4.49. The number of imidazole rings is 1. The van der Waals surface area contributed by atoms with Crippen LogP contribution in [0.15, 0.2) is 30.9 Å². The number of halogens is 1. The van der Waals surface area contributed by atoms with Gasteiger partial charge in [0.05, 0.1) is 11.3 Å². The van der Waals surface area contributed by atoms with E-state index in [-0.39, 0.29) is 16.6 Å². The number of hydrogen-bond acceptors (Lipinski definition) is 5. The number of carbonyl (C=O) groups excluding carboxylic acids is 1. The van der Waals surface area contributed by atoms with Gasteiger partial charge < -0.3 is 15.3 Å². The van der Waals surface area contributed by atoms with Gasteiger partial charge in [-0.05, 0) is 18.6 Å². The summed E-state index contributed by atoms with van der Waals surface area (Å²) in [5.41, 5.74) is 2.53. The molecule has 20 heavy (non-hydrogen) atoms. The molecule has 2 aromatic heterocycles. The van der Waals surface area contributed by atoms with Crippen molar-refractivity contribution >= 4 is 23.3 Å². The van der Waals surface area contributed by atoms with Gasteiger partial charge >= 0.3 is 0 Å². The molecule has 7 nitrogen and oxygen atoms in total. The number of rotatable bonds is 6. The Bertz CT molecular complexity index is 571. The number of aryl methyl sites for hydroxylation is 1. The molecule has 1 amide bonds. The van der Waals surface area contributed by atoms with Crippen LogP contribution in [0.2, 0.25) is 5.02 Å². The predicted octanol–water partition coefficient (Wildman–Crippen LogP) is 1.04. The molecule has 0 saturated heterocycles. The number of amides is 1. The van der Waals surface area contributed by atoms with Gasteiger partial charge in [-0.3, -0.25) is 4.79 Å². The molecule has 2 aromatic rings. The number of carbonyl (C=O) groups is 1. The van der Waals surface area contributed by atoms with E-state index in [1.165, 1.54) is 0 Å². The van der Waals surface area contributed by atoms with Crippen molar-refractivity contribution in [3.8, 4) is 0 Å². The molecule has 0 atom stereocenters. The molecule has 2 rings (SSSR count). The van der Waals surface area contributed by atoms with E-state index in [9.17, 15) is 4.79 Å². The molecule has 0 bridgehead atoms. The molecule has 0 fully saturated rings. The second-order valence-electron chi connectivity index (χ2n) is 4.08. The molecule has 0 unspecified atom stereocenters. The SMILES string of the molecule is NNc1ccc(Cl)c(C(=O)NCCCn2ccnc2)n1. The van der Waals surface area contributed by atoms with E-state index in [2.05, 4.69) is 20.7 Å². The molecule has 8 heteroatoms. The van der Waals surface area contributed by atoms with Gasteiger partial charge in [-0.2, -0.15) is 0 Å². The van der Waals surface area contributed by atoms with Crippen LogP contribution in [0, 0.1) is 0 Å². The Labute approximate surface area is 121 Å². The molecule has 2 heterocycles. The minimum atomic E-state index is -0.322. The Morgan fingerprint density at radius 1 is 1.45 bits per heavy atom. The van der Waals surface area contributed by atoms with Crippen molar-refractivity contribution in [1.82, 2.24) is 19.9 Å². The Morgan fingerprint density at radius 2 is 2.30 bits per heavy atom. The Kier molecular flexibility index (Phi) is 4.91. The fourth-order valence-electron chi connectivity index (χ4n) is 1.65. The van der Waals surface area contributed by atoms with E-state index in [0.717, 1.165) is 13.0 Å². The molecule has 0 aromatic carbocycles. The lowest BCUT2D eigenvalue weighted by atomic mass is 10.3. The van der Waals surface area contributed by atoms with Crippen LogP contribution >= 0.6 is 11.6 Å². The fraction of sp³-hybridized carbons (Fsp3) is 0.250. The number of nitrogens with two attached hydrogens (primary N) is 1. The molecular formula is C12H15ClN6O. The fourth-order valence-corrected chi connectivity index (χ4v) is 1.84. The summed E-state index contributed by atoms with van der Waals surface area (Å²) in [5, 5.41) is 3.05. The monoisotopic (exact) mass is 294 g/mol. The van der Waals surface area contributed by atoms with Crippen molar-refractivity contribution in [2.75, 3.05) is 12.0 Å². The van der Waals surface area contributed by atoms with Crippen molar-refractivity contribution in [2.24, 2.45) is 5.84 Å². The molecule has 0 aliphatic rings. The molecular weight excluding hydrogens is 280 g/mol. The van der Waals surface area contributed by atoms with Crippen molar-refractivity contribution < 1.29 is 4.79 Å². The number of nitrogens with zero attached hydrogens (tertiary/aromatic N) is 3. The van der Waals surface area contributed by atoms with Gasteiger partial charge in [-0.15, -0.1) is 0 Å². The maximum atomic E-state index is 11.9. The summed E-state index contributed by atoms with van der Waals surface area (Å²) in [5.74, 6) is 5.31. The minimum absolute atomic E-state index is 0.157. The van der Waals surface area contributed by atoms with Crippen LogP contribution in [0.1, 0.15) is 16.9 Å². The van der Waals surface area contributed by atoms with E-state index in [1.54, 1.807) is 24.7 Å². The van der Waals surface area contributed by atoms with Crippen LogP contribution in [0.3, 0.4) is 0 Å². The standard InChI is InChI=1S/C12H15ClN6O/c13-9-2-3-10(18-14)17-11(9)12(20)16-4-1-6-19-7-5-15-8-19/h2-3,5,7-8H,1,4,6,14H2,(H,16,20)(H,17,18). The number of nitrogens with one attached hydrogen (secondary N) is 2. The molecule has 0 radical (unpaired) electrons. The van der Waals surface area contributed by atoms with Crippen molar-refractivity contribution in [2.45, 2.75) is 13.0 Å². The summed E-state index contributed by atoms with van der Waals surface area (Å²) in [4.78, 5) is 19.9. The van der Waals surface area contributed by atoms with Gasteiger partial charge in [0.1, 0.15) is 11.5 Å². The maximum absolute atomic E-state index is 11.9. The topological polar surface area (TPSA) is 97.9 Å². The summed E-state index contributed by atoms with van der Waals surface area (Å²) < 4.78 is 1.94. The number of hydrogen-bond donors (Lipinski definition) is 3. The highest BCUT2D eigenvalue weighted by Gasteiger charge is 2.12. The summed E-state index contributed by atoms with van der Waals surface area (Å²) >= 11 is 5.94. The molecule has 0 spiro atoms. The number of aromatic nitrogens is 3. The first-order valence-electron chi connectivity index (χ1n) is 6.08. The van der Waals surface area contributed by atoms with Crippen molar-refractivity contribution in [1.29, 1.82) is 0 Å². The van der Waals surface area contributed by atoms with E-state index in [1.807, 2.05) is 10.8 Å². The maximum Gasteiger partial charge on any atom is 0.271 e. The first kappa shape index (κ1) is 14.3. The zero-order valence-corrected chi connectivity index (χ0v) is 11.5. The van der Waals surface area contributed by atoms with Crippen LogP contribution < -0.4 is 16.6 Å². The minimum Gasteiger partial charge on any atom is -0.351 e. The smallest absolute Gasteiger partial charge is 0.271 e. The highest BCUT2D eigenvalue weighted by Crippen LogP contribution is 2.15. The van der Waals surface area contributed by atoms with Crippen LogP contribution in [0.25, 0.3) is 0 Å². The summed E-state index contributed by atoms with van der Waals surface area (Å²) in [7, 11) is 0. The average Bonchev–Trinajstić information content (AvgIpc) is 2.97. The Hall–Kier alpha value is -2.12. The van der Waals surface area contributed by atoms with Gasteiger partial charge in [0.25, 0.3) is 5.91 Å². The normalized spacial score (nSPS) is 10.3. The molecule has 0 saturated carbocycles. The van der Waals surface area contributed by atoms with Gasteiger partial charge in [-0.1, -0.05) is 11.6 Å². The number of anilines is 1. The largest absolute Gasteiger partial charge is 0.351 e. The van der Waals surface area contributed by atoms with Crippen LogP contribution in [0.4, 0.5) is 5.82 Å². The Balaban J connectivity index is 1.85. The highest BCUT2D eigenvalue weighted by molar-refractivity contribution is 6.33. The van der Waals surface area contributed by atoms with Gasteiger partial charge in [-0.25, -0.2) is 15.8 Å². The van der Waals surface area contributed by atoms with E-state index < -0.39 is 0 Å². The van der Waals surface area contributed by atoms with Gasteiger partial charge in [0.2, 0.25) is 0 Å². The summed E-state index contributed by atoms with van der Waals surface area (Å²) in [6.07, 6.45) is 6.11. The lowest BCUT2D eigenvalue weighted by Crippen LogP contribution is -2.27. The number of hydrazine groups is 1. The zero-order valence-electron chi connectivity index (χ0n) is 10.7.